The number of aromatic nitrogens is 3. The van der Waals surface area contributed by atoms with Gasteiger partial charge in [-0.15, -0.1) is 11.3 Å². The van der Waals surface area contributed by atoms with Crippen LogP contribution in [-0.2, 0) is 16.6 Å². The molecule has 5 rings (SSSR count). The quantitative estimate of drug-likeness (QED) is 0.260. The number of fused-ring (bicyclic) bond motifs is 1. The Hall–Kier alpha value is -2.66. The minimum absolute atomic E-state index is 0.0533. The van der Waals surface area contributed by atoms with Crippen LogP contribution in [0.3, 0.4) is 0 Å². The van der Waals surface area contributed by atoms with Crippen LogP contribution in [0.4, 0.5) is 0 Å². The van der Waals surface area contributed by atoms with Crippen molar-refractivity contribution in [3.05, 3.63) is 68.9 Å². The fourth-order valence-corrected chi connectivity index (χ4v) is 7.26. The van der Waals surface area contributed by atoms with Crippen molar-refractivity contribution in [2.45, 2.75) is 49.8 Å². The number of halogens is 2. The zero-order chi connectivity index (χ0) is 26.9. The van der Waals surface area contributed by atoms with E-state index in [2.05, 4.69) is 14.7 Å². The number of aryl methyl sites for hydroxylation is 1. The maximum Gasteiger partial charge on any atom is 0.283 e. The molecule has 0 unspecified atom stereocenters. The molecule has 0 spiro atoms. The second-order valence-corrected chi connectivity index (χ2v) is 13.4. The first-order chi connectivity index (χ1) is 18.2. The summed E-state index contributed by atoms with van der Waals surface area (Å²) in [5, 5.41) is 0.557. The molecule has 1 amide bonds. The number of thiophene rings is 1. The van der Waals surface area contributed by atoms with E-state index in [-0.39, 0.29) is 9.90 Å². The number of nitrogens with one attached hydrogen (secondary N) is 1. The first-order valence-electron chi connectivity index (χ1n) is 12.3. The number of imidazole rings is 1. The molecule has 0 radical (unpaired) electrons. The van der Waals surface area contributed by atoms with E-state index in [0.29, 0.717) is 45.4 Å². The fourth-order valence-electron chi connectivity index (χ4n) is 4.58. The third kappa shape index (κ3) is 5.98. The largest absolute Gasteiger partial charge is 0.493 e. The summed E-state index contributed by atoms with van der Waals surface area (Å²) in [5.74, 6) is 1.17. The number of amides is 1. The average Bonchev–Trinajstić information content (AvgIpc) is 3.47. The van der Waals surface area contributed by atoms with Gasteiger partial charge < -0.3 is 9.30 Å². The molecule has 3 aromatic heterocycles. The number of carbonyl (C=O) groups is 1. The van der Waals surface area contributed by atoms with Gasteiger partial charge in [-0.25, -0.2) is 23.1 Å². The van der Waals surface area contributed by atoms with E-state index in [9.17, 15) is 13.2 Å². The van der Waals surface area contributed by atoms with Gasteiger partial charge in [0.25, 0.3) is 15.9 Å². The van der Waals surface area contributed by atoms with Crippen molar-refractivity contribution in [3.63, 3.8) is 0 Å². The van der Waals surface area contributed by atoms with Gasteiger partial charge in [0, 0.05) is 5.02 Å². The normalized spacial score (nSPS) is 14.6. The van der Waals surface area contributed by atoms with E-state index in [1.807, 2.05) is 29.7 Å². The lowest BCUT2D eigenvalue weighted by molar-refractivity contribution is 0.0977. The minimum Gasteiger partial charge on any atom is -0.493 e. The van der Waals surface area contributed by atoms with Crippen LogP contribution >= 0.6 is 34.5 Å². The highest BCUT2D eigenvalue weighted by atomic mass is 35.5. The van der Waals surface area contributed by atoms with E-state index in [0.717, 1.165) is 22.6 Å². The number of ether oxygens (including phenoxy) is 1. The molecule has 1 fully saturated rings. The second-order valence-electron chi connectivity index (χ2n) is 9.35. The molecule has 0 aliphatic heterocycles. The Balaban J connectivity index is 1.33. The van der Waals surface area contributed by atoms with Gasteiger partial charge in [-0.3, -0.25) is 4.79 Å². The first-order valence-corrected chi connectivity index (χ1v) is 15.3. The highest BCUT2D eigenvalue weighted by Gasteiger charge is 2.23. The highest BCUT2D eigenvalue weighted by Crippen LogP contribution is 2.29. The molecule has 3 heterocycles. The summed E-state index contributed by atoms with van der Waals surface area (Å²) in [4.78, 5) is 21.8. The Morgan fingerprint density at radius 2 is 1.89 bits per heavy atom. The summed E-state index contributed by atoms with van der Waals surface area (Å²) in [7, 11) is -4.07. The summed E-state index contributed by atoms with van der Waals surface area (Å²) in [6.07, 6.45) is 6.26. The van der Waals surface area contributed by atoms with Gasteiger partial charge >= 0.3 is 0 Å². The van der Waals surface area contributed by atoms with Crippen LogP contribution in [-0.4, -0.2) is 35.5 Å². The van der Waals surface area contributed by atoms with Crippen molar-refractivity contribution >= 4 is 61.6 Å². The van der Waals surface area contributed by atoms with E-state index in [4.69, 9.17) is 27.9 Å². The van der Waals surface area contributed by atoms with E-state index in [1.165, 1.54) is 50.3 Å². The number of sulfonamides is 1. The van der Waals surface area contributed by atoms with Gasteiger partial charge in [0.1, 0.15) is 27.0 Å². The maximum atomic E-state index is 12.8. The minimum atomic E-state index is -4.07. The van der Waals surface area contributed by atoms with Gasteiger partial charge in [-0.1, -0.05) is 48.5 Å². The van der Waals surface area contributed by atoms with Crippen molar-refractivity contribution in [2.75, 3.05) is 6.61 Å². The predicted octanol–water partition coefficient (Wildman–Crippen LogP) is 6.23. The van der Waals surface area contributed by atoms with Crippen LogP contribution in [0.2, 0.25) is 9.36 Å². The Bertz CT molecular complexity index is 1590. The standard InChI is InChI=1S/C26H26Cl2N4O4S2/c1-16-29-21-9-10-22(26(33)31-38(34,35)24-12-11-23(28)37-24)30-25(21)32(16)14-18-7-8-19(13-20(18)27)36-15-17-5-3-2-4-6-17/h7-13,17H,2-6,14-15H2,1H3,(H,31,33). The summed E-state index contributed by atoms with van der Waals surface area (Å²) >= 11 is 13.3. The first kappa shape index (κ1) is 26.9. The molecule has 1 aromatic carbocycles. The Kier molecular flexibility index (Phi) is 7.95. The summed E-state index contributed by atoms with van der Waals surface area (Å²) in [6.45, 7) is 2.90. The van der Waals surface area contributed by atoms with Crippen molar-refractivity contribution in [3.8, 4) is 5.75 Å². The van der Waals surface area contributed by atoms with Gasteiger partial charge in [-0.05, 0) is 67.6 Å². The van der Waals surface area contributed by atoms with Crippen molar-refractivity contribution in [1.29, 1.82) is 0 Å². The van der Waals surface area contributed by atoms with Crippen LogP contribution in [0.1, 0.15) is 54.0 Å². The highest BCUT2D eigenvalue weighted by molar-refractivity contribution is 7.92. The molecular formula is C26H26Cl2N4O4S2. The number of pyridine rings is 1. The van der Waals surface area contributed by atoms with Crippen molar-refractivity contribution in [2.24, 2.45) is 5.92 Å². The average molecular weight is 594 g/mol. The topological polar surface area (TPSA) is 103 Å². The third-order valence-electron chi connectivity index (χ3n) is 6.62. The SMILES string of the molecule is Cc1nc2ccc(C(=O)NS(=O)(=O)c3ccc(Cl)s3)nc2n1Cc1ccc(OCC2CCCCC2)cc1Cl. The lowest BCUT2D eigenvalue weighted by Gasteiger charge is -2.21. The molecule has 8 nitrogen and oxygen atoms in total. The number of benzene rings is 1. The van der Waals surface area contributed by atoms with Crippen LogP contribution in [0.5, 0.6) is 5.75 Å². The van der Waals surface area contributed by atoms with E-state index < -0.39 is 15.9 Å². The molecule has 0 saturated heterocycles. The van der Waals surface area contributed by atoms with Crippen LogP contribution in [0, 0.1) is 12.8 Å². The number of nitrogens with zero attached hydrogens (tertiary/aromatic N) is 3. The molecule has 12 heteroatoms. The van der Waals surface area contributed by atoms with Gasteiger partial charge in [-0.2, -0.15) is 0 Å². The van der Waals surface area contributed by atoms with Crippen molar-refractivity contribution < 1.29 is 17.9 Å². The molecular weight excluding hydrogens is 567 g/mol. The number of hydrogen-bond donors (Lipinski definition) is 1. The van der Waals surface area contributed by atoms with Gasteiger partial charge in [0.15, 0.2) is 5.65 Å². The molecule has 0 bridgehead atoms. The number of rotatable bonds is 8. The number of carbonyl (C=O) groups excluding carboxylic acids is 1. The lowest BCUT2D eigenvalue weighted by Crippen LogP contribution is -2.30. The zero-order valence-electron chi connectivity index (χ0n) is 20.6. The Morgan fingerprint density at radius 1 is 1.11 bits per heavy atom. The molecule has 4 aromatic rings. The van der Waals surface area contributed by atoms with Gasteiger partial charge in [0.2, 0.25) is 0 Å². The lowest BCUT2D eigenvalue weighted by atomic mass is 9.90. The second kappa shape index (κ2) is 11.2. The molecule has 1 aliphatic carbocycles. The molecule has 0 atom stereocenters. The maximum absolute atomic E-state index is 12.8. The number of hydrogen-bond acceptors (Lipinski definition) is 7. The predicted molar refractivity (Wildman–Crippen MR) is 149 cm³/mol. The summed E-state index contributed by atoms with van der Waals surface area (Å²) < 4.78 is 35.3. The summed E-state index contributed by atoms with van der Waals surface area (Å²) in [6, 6.07) is 11.5. The van der Waals surface area contributed by atoms with E-state index in [1.54, 1.807) is 6.07 Å². The van der Waals surface area contributed by atoms with Crippen LogP contribution in [0.15, 0.2) is 46.7 Å². The molecule has 1 N–H and O–H groups in total. The van der Waals surface area contributed by atoms with Gasteiger partial charge in [0.05, 0.1) is 17.5 Å². The van der Waals surface area contributed by atoms with Crippen molar-refractivity contribution in [1.82, 2.24) is 19.3 Å². The monoisotopic (exact) mass is 592 g/mol. The van der Waals surface area contributed by atoms with Crippen LogP contribution in [0.25, 0.3) is 11.2 Å². The third-order valence-corrected chi connectivity index (χ3v) is 10.0. The summed E-state index contributed by atoms with van der Waals surface area (Å²) in [5.41, 5.74) is 1.81. The Morgan fingerprint density at radius 3 is 2.61 bits per heavy atom. The molecule has 1 aliphatic rings. The molecule has 1 saturated carbocycles. The van der Waals surface area contributed by atoms with E-state index >= 15 is 0 Å². The zero-order valence-corrected chi connectivity index (χ0v) is 23.8. The Labute approximate surface area is 235 Å². The molecule has 200 valence electrons. The smallest absolute Gasteiger partial charge is 0.283 e. The van der Waals surface area contributed by atoms with Crippen LogP contribution < -0.4 is 9.46 Å². The molecule has 38 heavy (non-hydrogen) atoms. The fraction of sp³-hybridized carbons (Fsp3) is 0.346.